The van der Waals surface area contributed by atoms with E-state index in [9.17, 15) is 14.9 Å². The highest BCUT2D eigenvalue weighted by Gasteiger charge is 2.27. The summed E-state index contributed by atoms with van der Waals surface area (Å²) < 4.78 is 5.45. The average molecular weight is 319 g/mol. The number of benzene rings is 1. The van der Waals surface area contributed by atoms with Crippen molar-refractivity contribution in [3.05, 3.63) is 46.7 Å². The van der Waals surface area contributed by atoms with Gasteiger partial charge >= 0.3 is 6.09 Å². The number of amides is 1. The normalized spacial score (nSPS) is 15.3. The van der Waals surface area contributed by atoms with Crippen LogP contribution in [0, 0.1) is 10.1 Å². The van der Waals surface area contributed by atoms with Gasteiger partial charge < -0.3 is 4.74 Å². The summed E-state index contributed by atoms with van der Waals surface area (Å²) in [5.74, 6) is 0. The minimum absolute atomic E-state index is 0.0105. The number of hydrazine groups is 1. The molecule has 0 saturated carbocycles. The summed E-state index contributed by atoms with van der Waals surface area (Å²) in [5.41, 5.74) is 0.0878. The number of rotatable bonds is 2. The lowest BCUT2D eigenvalue weighted by Gasteiger charge is -2.34. The topological polar surface area (TPSA) is 75.9 Å². The number of nitro benzene ring substituents is 1. The van der Waals surface area contributed by atoms with E-state index in [-0.39, 0.29) is 5.69 Å². The molecule has 7 heteroatoms. The number of ether oxygens (including phenoxy) is 1. The first-order valence-electron chi connectivity index (χ1n) is 7.49. The largest absolute Gasteiger partial charge is 0.442 e. The van der Waals surface area contributed by atoms with Crippen LogP contribution in [0.25, 0.3) is 0 Å². The summed E-state index contributed by atoms with van der Waals surface area (Å²) in [4.78, 5) is 22.8. The highest BCUT2D eigenvalue weighted by molar-refractivity contribution is 5.72. The van der Waals surface area contributed by atoms with Crippen molar-refractivity contribution in [3.8, 4) is 0 Å². The third-order valence-corrected chi connectivity index (χ3v) is 3.18. The van der Waals surface area contributed by atoms with Gasteiger partial charge in [-0.05, 0) is 45.7 Å². The molecule has 7 nitrogen and oxygen atoms in total. The number of carbonyl (C=O) groups excluding carboxylic acids is 1. The predicted molar refractivity (Wildman–Crippen MR) is 86.9 cm³/mol. The Labute approximate surface area is 135 Å². The van der Waals surface area contributed by atoms with Crippen LogP contribution in [-0.2, 0) is 4.74 Å². The molecule has 1 heterocycles. The van der Waals surface area contributed by atoms with Crippen LogP contribution in [0.3, 0.4) is 0 Å². The molecule has 1 aromatic carbocycles. The van der Waals surface area contributed by atoms with Gasteiger partial charge in [-0.2, -0.15) is 0 Å². The Balaban J connectivity index is 2.27. The lowest BCUT2D eigenvalue weighted by molar-refractivity contribution is -0.384. The van der Waals surface area contributed by atoms with E-state index in [0.29, 0.717) is 12.2 Å². The van der Waals surface area contributed by atoms with Crippen LogP contribution in [0.5, 0.6) is 0 Å². The van der Waals surface area contributed by atoms with Gasteiger partial charge in [0.25, 0.3) is 5.69 Å². The van der Waals surface area contributed by atoms with Crippen molar-refractivity contribution >= 4 is 17.5 Å². The lowest BCUT2D eigenvalue weighted by Crippen LogP contribution is -2.46. The molecule has 0 aromatic heterocycles. The quantitative estimate of drug-likeness (QED) is 0.611. The number of hydrogen-bond acceptors (Lipinski definition) is 5. The third-order valence-electron chi connectivity index (χ3n) is 3.18. The number of allylic oxidation sites excluding steroid dienone is 1. The molecule has 2 rings (SSSR count). The van der Waals surface area contributed by atoms with Gasteiger partial charge in [-0.25, -0.2) is 9.80 Å². The van der Waals surface area contributed by atoms with Crippen molar-refractivity contribution in [2.75, 3.05) is 11.6 Å². The van der Waals surface area contributed by atoms with E-state index in [4.69, 9.17) is 4.74 Å². The first kappa shape index (κ1) is 16.8. The summed E-state index contributed by atoms with van der Waals surface area (Å²) in [6.07, 6.45) is 4.98. The molecule has 0 saturated heterocycles. The predicted octanol–water partition coefficient (Wildman–Crippen LogP) is 3.86. The molecular formula is C16H21N3O4. The van der Waals surface area contributed by atoms with E-state index >= 15 is 0 Å². The van der Waals surface area contributed by atoms with E-state index in [2.05, 4.69) is 0 Å². The molecule has 0 unspecified atom stereocenters. The second-order valence-electron chi connectivity index (χ2n) is 6.25. The standard InChI is InChI=1S/C16H21N3O4/c1-16(2,3)23-15(20)18-12-6-4-5-11-17(18)13-7-9-14(10-8-13)19(21)22/h5,7-11H,4,6,12H2,1-3H3. The molecule has 1 aliphatic rings. The van der Waals surface area contributed by atoms with Crippen molar-refractivity contribution in [1.82, 2.24) is 5.01 Å². The Bertz CT molecular complexity index is 605. The summed E-state index contributed by atoms with van der Waals surface area (Å²) in [5, 5.41) is 13.9. The molecule has 23 heavy (non-hydrogen) atoms. The van der Waals surface area contributed by atoms with Crippen molar-refractivity contribution in [2.24, 2.45) is 0 Å². The first-order valence-corrected chi connectivity index (χ1v) is 7.49. The monoisotopic (exact) mass is 319 g/mol. The average Bonchev–Trinajstić information content (AvgIpc) is 2.71. The molecule has 0 N–H and O–H groups in total. The molecule has 1 amide bonds. The second kappa shape index (κ2) is 6.68. The number of carbonyl (C=O) groups is 1. The van der Waals surface area contributed by atoms with Crippen LogP contribution in [-0.4, -0.2) is 28.2 Å². The zero-order chi connectivity index (χ0) is 17.0. The fourth-order valence-corrected chi connectivity index (χ4v) is 2.17. The van der Waals surface area contributed by atoms with Gasteiger partial charge in [0.15, 0.2) is 0 Å². The van der Waals surface area contributed by atoms with Crippen molar-refractivity contribution in [2.45, 2.75) is 39.2 Å². The SMILES string of the molecule is CC(C)(C)OC(=O)N1CCCC=CN1c1ccc([N+](=O)[O-])cc1. The molecule has 124 valence electrons. The number of non-ortho nitro benzene ring substituents is 1. The van der Waals surface area contributed by atoms with Gasteiger partial charge in [-0.15, -0.1) is 0 Å². The van der Waals surface area contributed by atoms with Gasteiger partial charge in [0.1, 0.15) is 5.60 Å². The van der Waals surface area contributed by atoms with E-state index in [1.54, 1.807) is 23.3 Å². The first-order chi connectivity index (χ1) is 10.8. The molecule has 1 aliphatic heterocycles. The molecule has 0 bridgehead atoms. The zero-order valence-electron chi connectivity index (χ0n) is 13.6. The second-order valence-corrected chi connectivity index (χ2v) is 6.25. The maximum absolute atomic E-state index is 12.4. The van der Waals surface area contributed by atoms with Crippen molar-refractivity contribution in [3.63, 3.8) is 0 Å². The Kier molecular flexibility index (Phi) is 4.88. The lowest BCUT2D eigenvalue weighted by atomic mass is 10.2. The van der Waals surface area contributed by atoms with Gasteiger partial charge in [0.2, 0.25) is 0 Å². The number of nitrogens with zero attached hydrogens (tertiary/aromatic N) is 3. The van der Waals surface area contributed by atoms with Gasteiger partial charge in [-0.1, -0.05) is 6.08 Å². The van der Waals surface area contributed by atoms with Crippen molar-refractivity contribution < 1.29 is 14.5 Å². The van der Waals surface area contributed by atoms with E-state index in [1.165, 1.54) is 17.1 Å². The highest BCUT2D eigenvalue weighted by atomic mass is 16.6. The molecule has 0 radical (unpaired) electrons. The van der Waals surface area contributed by atoms with Crippen LogP contribution in [0.4, 0.5) is 16.2 Å². The Hall–Kier alpha value is -2.57. The molecule has 0 fully saturated rings. The summed E-state index contributed by atoms with van der Waals surface area (Å²) in [6.45, 7) is 5.96. The van der Waals surface area contributed by atoms with Crippen LogP contribution < -0.4 is 5.01 Å². The molecule has 0 spiro atoms. The summed E-state index contributed by atoms with van der Waals surface area (Å²) in [7, 11) is 0. The van der Waals surface area contributed by atoms with E-state index in [1.807, 2.05) is 26.8 Å². The van der Waals surface area contributed by atoms with Gasteiger partial charge in [0.05, 0.1) is 10.6 Å². The van der Waals surface area contributed by atoms with Gasteiger partial charge in [0, 0.05) is 24.9 Å². The van der Waals surface area contributed by atoms with Crippen LogP contribution in [0.1, 0.15) is 33.6 Å². The van der Waals surface area contributed by atoms with E-state index < -0.39 is 16.6 Å². The Morgan fingerprint density at radius 3 is 2.48 bits per heavy atom. The fraction of sp³-hybridized carbons (Fsp3) is 0.438. The highest BCUT2D eigenvalue weighted by Crippen LogP contribution is 2.24. The van der Waals surface area contributed by atoms with Crippen molar-refractivity contribution in [1.29, 1.82) is 0 Å². The Morgan fingerprint density at radius 2 is 1.91 bits per heavy atom. The summed E-state index contributed by atoms with van der Waals surface area (Å²) >= 11 is 0. The van der Waals surface area contributed by atoms with Crippen LogP contribution >= 0.6 is 0 Å². The molecule has 0 atom stereocenters. The van der Waals surface area contributed by atoms with Gasteiger partial charge in [-0.3, -0.25) is 15.1 Å². The number of nitro groups is 1. The van der Waals surface area contributed by atoms with Crippen LogP contribution in [0.15, 0.2) is 36.5 Å². The molecule has 1 aromatic rings. The minimum Gasteiger partial charge on any atom is -0.442 e. The molecule has 0 aliphatic carbocycles. The number of hydrogen-bond donors (Lipinski definition) is 0. The van der Waals surface area contributed by atoms with Crippen LogP contribution in [0.2, 0.25) is 0 Å². The number of anilines is 1. The maximum Gasteiger partial charge on any atom is 0.429 e. The third kappa shape index (κ3) is 4.45. The van der Waals surface area contributed by atoms with E-state index in [0.717, 1.165) is 12.8 Å². The smallest absolute Gasteiger partial charge is 0.429 e. The fourth-order valence-electron chi connectivity index (χ4n) is 2.17. The molecular weight excluding hydrogens is 298 g/mol. The zero-order valence-corrected chi connectivity index (χ0v) is 13.6. The minimum atomic E-state index is -0.589. The maximum atomic E-state index is 12.4. The Morgan fingerprint density at radius 1 is 1.26 bits per heavy atom. The summed E-state index contributed by atoms with van der Waals surface area (Å²) in [6, 6.07) is 6.07.